The van der Waals surface area contributed by atoms with Crippen molar-refractivity contribution in [1.82, 2.24) is 15.0 Å². The number of nitriles is 2. The minimum atomic E-state index is -0.984. The second kappa shape index (κ2) is 10.2. The van der Waals surface area contributed by atoms with Crippen LogP contribution in [-0.2, 0) is 10.8 Å². The van der Waals surface area contributed by atoms with E-state index in [-0.39, 0.29) is 11.0 Å². The van der Waals surface area contributed by atoms with Gasteiger partial charge in [0.15, 0.2) is 0 Å². The Balaban J connectivity index is 0.000000148. The van der Waals surface area contributed by atoms with E-state index >= 15 is 0 Å². The summed E-state index contributed by atoms with van der Waals surface area (Å²) in [6.07, 6.45) is 8.17. The largest absolute Gasteiger partial charge is 0.478 e. The molecule has 172 valence electrons. The fraction of sp³-hybridized carbons (Fsp3) is 0.308. The Morgan fingerprint density at radius 2 is 1.32 bits per heavy atom. The van der Waals surface area contributed by atoms with Gasteiger partial charge in [-0.15, -0.1) is 0 Å². The fourth-order valence-corrected chi connectivity index (χ4v) is 3.22. The lowest BCUT2D eigenvalue weighted by Crippen LogP contribution is -2.07. The summed E-state index contributed by atoms with van der Waals surface area (Å²) < 4.78 is 12.1. The molecule has 0 aromatic carbocycles. The van der Waals surface area contributed by atoms with Crippen LogP contribution in [0, 0.1) is 42.5 Å². The number of aromatic carboxylic acids is 1. The summed E-state index contributed by atoms with van der Waals surface area (Å²) >= 11 is 0. The number of hydrogen-bond acceptors (Lipinski definition) is 6. The highest BCUT2D eigenvalue weighted by molar-refractivity contribution is 5.87. The van der Waals surface area contributed by atoms with Crippen LogP contribution in [0.15, 0.2) is 55.0 Å². The molecule has 8 heteroatoms. The highest BCUT2D eigenvalue weighted by Gasteiger charge is 2.47. The third-order valence-electron chi connectivity index (χ3n) is 5.71. The zero-order valence-corrected chi connectivity index (χ0v) is 19.0. The van der Waals surface area contributed by atoms with Gasteiger partial charge in [0.05, 0.1) is 39.9 Å². The van der Waals surface area contributed by atoms with Crippen molar-refractivity contribution in [1.29, 1.82) is 10.5 Å². The van der Waals surface area contributed by atoms with Crippen LogP contribution < -0.4 is 0 Å². The molecule has 0 amide bonds. The molecule has 0 bridgehead atoms. The summed E-state index contributed by atoms with van der Waals surface area (Å²) in [5.41, 5.74) is 3.07. The molecular weight excluding hydrogens is 433 g/mol. The van der Waals surface area contributed by atoms with Gasteiger partial charge in [0.25, 0.3) is 0 Å². The molecule has 3 aromatic rings. The predicted octanol–water partition coefficient (Wildman–Crippen LogP) is 4.81. The summed E-state index contributed by atoms with van der Waals surface area (Å²) in [6.45, 7) is 3.85. The summed E-state index contributed by atoms with van der Waals surface area (Å²) in [4.78, 5) is 22.3. The first kappa shape index (κ1) is 24.5. The number of nitrogens with zero attached hydrogens (tertiary/aromatic N) is 5. The maximum Gasteiger partial charge on any atom is 0.335 e. The predicted molar refractivity (Wildman–Crippen MR) is 122 cm³/mol. The van der Waals surface area contributed by atoms with Crippen molar-refractivity contribution in [2.24, 2.45) is 0 Å². The summed E-state index contributed by atoms with van der Waals surface area (Å²) in [7, 11) is 0. The van der Waals surface area contributed by atoms with Crippen molar-refractivity contribution >= 4 is 5.97 Å². The van der Waals surface area contributed by atoms with Crippen LogP contribution in [-0.4, -0.2) is 26.0 Å². The lowest BCUT2D eigenvalue weighted by Gasteiger charge is -2.04. The van der Waals surface area contributed by atoms with Crippen LogP contribution in [0.1, 0.15) is 58.6 Å². The van der Waals surface area contributed by atoms with Gasteiger partial charge in [0, 0.05) is 18.6 Å². The number of halogens is 1. The minimum Gasteiger partial charge on any atom is -0.478 e. The number of carboxylic acid groups (broad SMARTS) is 1. The van der Waals surface area contributed by atoms with Crippen molar-refractivity contribution < 1.29 is 14.3 Å². The number of carboxylic acids is 1. The van der Waals surface area contributed by atoms with Gasteiger partial charge in [-0.1, -0.05) is 0 Å². The number of hydrogen-bond donors (Lipinski definition) is 1. The summed E-state index contributed by atoms with van der Waals surface area (Å²) in [5, 5.41) is 26.6. The van der Waals surface area contributed by atoms with E-state index in [1.54, 1.807) is 12.3 Å². The zero-order valence-electron chi connectivity index (χ0n) is 19.0. The average Bonchev–Trinajstić information content (AvgIpc) is 3.75. The van der Waals surface area contributed by atoms with Gasteiger partial charge in [-0.25, -0.2) is 9.78 Å². The van der Waals surface area contributed by atoms with Crippen molar-refractivity contribution in [3.8, 4) is 12.1 Å². The molecule has 0 radical (unpaired) electrons. The van der Waals surface area contributed by atoms with E-state index in [4.69, 9.17) is 15.6 Å². The first-order chi connectivity index (χ1) is 16.2. The highest BCUT2D eigenvalue weighted by Crippen LogP contribution is 2.47. The zero-order chi connectivity index (χ0) is 24.8. The maximum absolute atomic E-state index is 12.1. The highest BCUT2D eigenvalue weighted by atomic mass is 19.1. The molecule has 2 aliphatic carbocycles. The molecule has 0 unspecified atom stereocenters. The lowest BCUT2D eigenvalue weighted by molar-refractivity contribution is 0.0696. The molecule has 0 atom stereocenters. The van der Waals surface area contributed by atoms with Crippen LogP contribution in [0.5, 0.6) is 0 Å². The van der Waals surface area contributed by atoms with Crippen molar-refractivity contribution in [3.05, 3.63) is 89.0 Å². The van der Waals surface area contributed by atoms with Gasteiger partial charge in [0.1, 0.15) is 0 Å². The van der Waals surface area contributed by atoms with Gasteiger partial charge < -0.3 is 5.11 Å². The molecule has 2 aliphatic rings. The third kappa shape index (κ3) is 5.99. The van der Waals surface area contributed by atoms with Gasteiger partial charge in [0.2, 0.25) is 5.95 Å². The third-order valence-corrected chi connectivity index (χ3v) is 5.71. The Hall–Kier alpha value is -4.17. The standard InChI is InChI=1S/C10H8N2O2.C10H10N2.C6H6FN/c11-6-10(2-3-10)8-5-7(9(13)14)1-4-12-8;1-8-2-5-12-9(6-8)10(7-11)3-4-10;1-5-2-3-8-6(7)4-5/h1,4-5H,2-3H2,(H,13,14);2,5-6H,3-4H2,1H3;2-4H,1H3. The molecule has 5 rings (SSSR count). The van der Waals surface area contributed by atoms with Gasteiger partial charge in [-0.2, -0.15) is 14.9 Å². The van der Waals surface area contributed by atoms with E-state index in [9.17, 15) is 9.18 Å². The van der Waals surface area contributed by atoms with Crippen LogP contribution in [0.4, 0.5) is 4.39 Å². The Labute approximate surface area is 197 Å². The molecule has 0 spiro atoms. The van der Waals surface area contributed by atoms with E-state index in [0.717, 1.165) is 36.9 Å². The maximum atomic E-state index is 12.1. The smallest absolute Gasteiger partial charge is 0.335 e. The van der Waals surface area contributed by atoms with E-state index in [1.165, 1.54) is 36.2 Å². The van der Waals surface area contributed by atoms with Crippen LogP contribution in [0.3, 0.4) is 0 Å². The molecule has 7 nitrogen and oxygen atoms in total. The molecule has 1 N–H and O–H groups in total. The summed E-state index contributed by atoms with van der Waals surface area (Å²) in [6, 6.07) is 14.5. The number of pyridine rings is 3. The molecular formula is C26H24FN5O2. The first-order valence-electron chi connectivity index (χ1n) is 10.8. The van der Waals surface area contributed by atoms with Gasteiger partial charge in [-0.3, -0.25) is 9.97 Å². The Morgan fingerprint density at radius 3 is 1.71 bits per heavy atom. The number of carbonyl (C=O) groups is 1. The monoisotopic (exact) mass is 457 g/mol. The van der Waals surface area contributed by atoms with Crippen LogP contribution >= 0.6 is 0 Å². The fourth-order valence-electron chi connectivity index (χ4n) is 3.22. The second-order valence-electron chi connectivity index (χ2n) is 8.50. The molecule has 2 fully saturated rings. The molecule has 34 heavy (non-hydrogen) atoms. The van der Waals surface area contributed by atoms with Crippen molar-refractivity contribution in [3.63, 3.8) is 0 Å². The molecule has 0 aliphatic heterocycles. The molecule has 0 saturated heterocycles. The average molecular weight is 458 g/mol. The molecule has 2 saturated carbocycles. The number of aryl methyl sites for hydroxylation is 2. The number of rotatable bonds is 3. The second-order valence-corrected chi connectivity index (χ2v) is 8.50. The Kier molecular flexibility index (Phi) is 7.33. The van der Waals surface area contributed by atoms with E-state index in [0.29, 0.717) is 5.69 Å². The topological polar surface area (TPSA) is 124 Å². The van der Waals surface area contributed by atoms with Crippen LogP contribution in [0.2, 0.25) is 0 Å². The van der Waals surface area contributed by atoms with Crippen molar-refractivity contribution in [2.45, 2.75) is 50.4 Å². The Morgan fingerprint density at radius 1 is 0.853 bits per heavy atom. The van der Waals surface area contributed by atoms with Gasteiger partial charge in [-0.05, 0) is 87.1 Å². The van der Waals surface area contributed by atoms with Crippen LogP contribution in [0.25, 0.3) is 0 Å². The Bertz CT molecular complexity index is 1250. The van der Waals surface area contributed by atoms with E-state index < -0.39 is 17.3 Å². The van der Waals surface area contributed by atoms with E-state index in [1.807, 2.05) is 26.0 Å². The summed E-state index contributed by atoms with van der Waals surface area (Å²) in [5.74, 6) is -1.40. The normalized spacial score (nSPS) is 15.7. The SMILES string of the molecule is Cc1ccnc(C2(C#N)CC2)c1.Cc1ccnc(F)c1.N#CC1(c2cc(C(=O)O)ccn2)CC1. The first-order valence-corrected chi connectivity index (χ1v) is 10.8. The minimum absolute atomic E-state index is 0.191. The quantitative estimate of drug-likeness (QED) is 0.560. The number of aromatic nitrogens is 3. The lowest BCUT2D eigenvalue weighted by atomic mass is 10.0. The van der Waals surface area contributed by atoms with Gasteiger partial charge >= 0.3 is 5.97 Å². The van der Waals surface area contributed by atoms with E-state index in [2.05, 4.69) is 27.1 Å². The van der Waals surface area contributed by atoms with Crippen molar-refractivity contribution in [2.75, 3.05) is 0 Å². The molecule has 3 heterocycles. The molecule has 3 aromatic heterocycles.